The number of hydrogen-bond donors (Lipinski definition) is 1. The number of halogens is 3. The normalized spacial score (nSPS) is 11.3. The molecule has 0 unspecified atom stereocenters. The maximum atomic E-state index is 15.1. The van der Waals surface area contributed by atoms with E-state index in [1.165, 1.54) is 13.3 Å². The third kappa shape index (κ3) is 3.44. The number of aryl methyl sites for hydroxylation is 1. The number of hydrogen-bond acceptors (Lipinski definition) is 7. The molecule has 5 aromatic rings. The van der Waals surface area contributed by atoms with E-state index in [0.29, 0.717) is 22.3 Å². The van der Waals surface area contributed by atoms with Gasteiger partial charge in [0.2, 0.25) is 0 Å². The van der Waals surface area contributed by atoms with Gasteiger partial charge in [-0.25, -0.2) is 28.4 Å². The van der Waals surface area contributed by atoms with Crippen molar-refractivity contribution in [2.75, 3.05) is 5.32 Å². The van der Waals surface area contributed by atoms with Crippen LogP contribution >= 0.6 is 11.6 Å². The van der Waals surface area contributed by atoms with Crippen molar-refractivity contribution >= 4 is 45.2 Å². The van der Waals surface area contributed by atoms with Crippen molar-refractivity contribution in [2.24, 2.45) is 7.05 Å². The molecule has 3 aromatic heterocycles. The summed E-state index contributed by atoms with van der Waals surface area (Å²) in [4.78, 5) is 12.4. The summed E-state index contributed by atoms with van der Waals surface area (Å²) in [5, 5.41) is 10.9. The first kappa shape index (κ1) is 20.0. The molecule has 11 heteroatoms. The van der Waals surface area contributed by atoms with Gasteiger partial charge in [-0.2, -0.15) is 0 Å². The van der Waals surface area contributed by atoms with Crippen molar-refractivity contribution in [3.8, 4) is 11.5 Å². The van der Waals surface area contributed by atoms with Gasteiger partial charge in [0.25, 0.3) is 0 Å². The maximum Gasteiger partial charge on any atom is 0.169 e. The lowest BCUT2D eigenvalue weighted by atomic mass is 10.1. The first-order chi connectivity index (χ1) is 15.4. The molecule has 2 aromatic carbocycles. The summed E-state index contributed by atoms with van der Waals surface area (Å²) in [5.41, 5.74) is 2.04. The number of fused-ring (bicyclic) bond motifs is 2. The molecule has 32 heavy (non-hydrogen) atoms. The molecule has 0 saturated carbocycles. The molecule has 0 saturated heterocycles. The van der Waals surface area contributed by atoms with E-state index in [9.17, 15) is 4.39 Å². The number of aromatic nitrogens is 6. The third-order valence-corrected chi connectivity index (χ3v) is 5.11. The van der Waals surface area contributed by atoms with Gasteiger partial charge in [0.15, 0.2) is 23.2 Å². The van der Waals surface area contributed by atoms with Gasteiger partial charge in [-0.3, -0.25) is 0 Å². The minimum Gasteiger partial charge on any atom is -0.454 e. The summed E-state index contributed by atoms with van der Waals surface area (Å²) in [5.74, 6) is -1.19. The van der Waals surface area contributed by atoms with Crippen molar-refractivity contribution in [3.63, 3.8) is 0 Å². The molecule has 0 fully saturated rings. The summed E-state index contributed by atoms with van der Waals surface area (Å²) >= 11 is 5.96. The zero-order valence-electron chi connectivity index (χ0n) is 16.8. The van der Waals surface area contributed by atoms with Gasteiger partial charge in [-0.15, -0.1) is 5.10 Å². The molecule has 0 bridgehead atoms. The van der Waals surface area contributed by atoms with Crippen molar-refractivity contribution < 1.29 is 13.5 Å². The Morgan fingerprint density at radius 3 is 2.75 bits per heavy atom. The summed E-state index contributed by atoms with van der Waals surface area (Å²) in [6.45, 7) is 1.42. The summed E-state index contributed by atoms with van der Waals surface area (Å²) < 4.78 is 37.3. The predicted molar refractivity (Wildman–Crippen MR) is 115 cm³/mol. The van der Waals surface area contributed by atoms with Crippen LogP contribution in [0.1, 0.15) is 5.56 Å². The van der Waals surface area contributed by atoms with Crippen molar-refractivity contribution in [1.82, 2.24) is 29.9 Å². The third-order valence-electron chi connectivity index (χ3n) is 4.90. The monoisotopic (exact) mass is 453 g/mol. The largest absolute Gasteiger partial charge is 0.454 e. The van der Waals surface area contributed by atoms with E-state index in [-0.39, 0.29) is 28.0 Å². The van der Waals surface area contributed by atoms with Crippen molar-refractivity contribution in [1.29, 1.82) is 0 Å². The number of nitrogens with zero attached hydrogens (tertiary/aromatic N) is 6. The highest BCUT2D eigenvalue weighted by molar-refractivity contribution is 6.29. The highest BCUT2D eigenvalue weighted by atomic mass is 35.5. The number of benzene rings is 2. The smallest absolute Gasteiger partial charge is 0.169 e. The fourth-order valence-electron chi connectivity index (χ4n) is 3.29. The lowest BCUT2D eigenvalue weighted by Gasteiger charge is -2.15. The summed E-state index contributed by atoms with van der Waals surface area (Å²) in [6, 6.07) is 9.21. The van der Waals surface area contributed by atoms with Gasteiger partial charge in [-0.1, -0.05) is 16.8 Å². The van der Waals surface area contributed by atoms with Crippen LogP contribution in [-0.2, 0) is 7.05 Å². The molecule has 0 spiro atoms. The Morgan fingerprint density at radius 1 is 1.06 bits per heavy atom. The van der Waals surface area contributed by atoms with Crippen LogP contribution < -0.4 is 10.1 Å². The standard InChI is InChI=1S/C21H14ClF2N7O/c1-10-18(24)15(27-21-19-13(25-9-26-21)4-6-17(22)28-19)8-12(23)20(10)32-11-3-5-16-14(7-11)29-30-31(16)2/h3-9H,1-2H3,(H,25,26,27). The zero-order chi connectivity index (χ0) is 22.4. The predicted octanol–water partition coefficient (Wildman–Crippen LogP) is 5.08. The second-order valence-corrected chi connectivity index (χ2v) is 7.38. The number of anilines is 2. The second-order valence-electron chi connectivity index (χ2n) is 6.99. The Balaban J connectivity index is 1.50. The van der Waals surface area contributed by atoms with E-state index in [0.717, 1.165) is 11.6 Å². The van der Waals surface area contributed by atoms with Crippen molar-refractivity contribution in [2.45, 2.75) is 6.92 Å². The van der Waals surface area contributed by atoms with Crippen LogP contribution in [0.4, 0.5) is 20.3 Å². The van der Waals surface area contributed by atoms with Gasteiger partial charge < -0.3 is 10.1 Å². The molecule has 8 nitrogen and oxygen atoms in total. The Labute approximate surface area is 184 Å². The molecular formula is C21H14ClF2N7O. The van der Waals surface area contributed by atoms with Crippen LogP contribution in [0.25, 0.3) is 22.1 Å². The van der Waals surface area contributed by atoms with E-state index >= 15 is 4.39 Å². The highest BCUT2D eigenvalue weighted by Crippen LogP contribution is 2.36. The first-order valence-corrected chi connectivity index (χ1v) is 9.78. The number of pyridine rings is 1. The zero-order valence-corrected chi connectivity index (χ0v) is 17.5. The molecular weight excluding hydrogens is 440 g/mol. The molecule has 0 amide bonds. The van der Waals surface area contributed by atoms with Crippen LogP contribution in [-0.4, -0.2) is 29.9 Å². The molecule has 160 valence electrons. The molecule has 1 N–H and O–H groups in total. The van der Waals surface area contributed by atoms with E-state index in [1.807, 2.05) is 0 Å². The number of rotatable bonds is 4. The Morgan fingerprint density at radius 2 is 1.91 bits per heavy atom. The van der Waals surface area contributed by atoms with Crippen LogP contribution in [0.15, 0.2) is 42.7 Å². The van der Waals surface area contributed by atoms with Crippen LogP contribution in [0.3, 0.4) is 0 Å². The average Bonchev–Trinajstić information content (AvgIpc) is 3.15. The molecule has 0 aliphatic carbocycles. The molecule has 0 atom stereocenters. The second kappa shape index (κ2) is 7.65. The fourth-order valence-corrected chi connectivity index (χ4v) is 3.44. The highest BCUT2D eigenvalue weighted by Gasteiger charge is 2.19. The Kier molecular flexibility index (Phi) is 4.78. The van der Waals surface area contributed by atoms with Crippen LogP contribution in [0, 0.1) is 18.6 Å². The molecule has 0 aliphatic heterocycles. The van der Waals surface area contributed by atoms with Gasteiger partial charge >= 0.3 is 0 Å². The van der Waals surface area contributed by atoms with Crippen molar-refractivity contribution in [3.05, 3.63) is 65.1 Å². The van der Waals surface area contributed by atoms with Crippen LogP contribution in [0.2, 0.25) is 5.15 Å². The Hall–Kier alpha value is -3.92. The lowest BCUT2D eigenvalue weighted by Crippen LogP contribution is -2.03. The lowest BCUT2D eigenvalue weighted by molar-refractivity contribution is 0.432. The van der Waals surface area contributed by atoms with Gasteiger partial charge in [0.1, 0.15) is 28.3 Å². The first-order valence-electron chi connectivity index (χ1n) is 9.41. The van der Waals surface area contributed by atoms with Gasteiger partial charge in [0, 0.05) is 24.7 Å². The van der Waals surface area contributed by atoms with E-state index in [1.54, 1.807) is 42.1 Å². The number of nitrogens with one attached hydrogen (secondary N) is 1. The summed E-state index contributed by atoms with van der Waals surface area (Å²) in [6.07, 6.45) is 1.29. The van der Waals surface area contributed by atoms with E-state index in [4.69, 9.17) is 16.3 Å². The molecule has 3 heterocycles. The average molecular weight is 454 g/mol. The van der Waals surface area contributed by atoms with Gasteiger partial charge in [0.05, 0.1) is 16.7 Å². The number of ether oxygens (including phenoxy) is 1. The van der Waals surface area contributed by atoms with Gasteiger partial charge in [-0.05, 0) is 31.2 Å². The molecule has 5 rings (SSSR count). The SMILES string of the molecule is Cc1c(F)c(Nc2ncnc3ccc(Cl)nc23)cc(F)c1Oc1ccc2c(c1)nnn2C. The minimum absolute atomic E-state index is 0.0175. The maximum absolute atomic E-state index is 15.1. The Bertz CT molecular complexity index is 1510. The van der Waals surface area contributed by atoms with Crippen LogP contribution in [0.5, 0.6) is 11.5 Å². The fraction of sp³-hybridized carbons (Fsp3) is 0.0952. The summed E-state index contributed by atoms with van der Waals surface area (Å²) in [7, 11) is 1.76. The van der Waals surface area contributed by atoms with E-state index in [2.05, 4.69) is 30.6 Å². The topological polar surface area (TPSA) is 90.6 Å². The molecule has 0 radical (unpaired) electrons. The minimum atomic E-state index is -0.755. The quantitative estimate of drug-likeness (QED) is 0.379. The van der Waals surface area contributed by atoms with E-state index < -0.39 is 11.6 Å². The molecule has 0 aliphatic rings.